The van der Waals surface area contributed by atoms with Gasteiger partial charge in [-0.3, -0.25) is 0 Å². The van der Waals surface area contributed by atoms with Crippen LogP contribution in [0.3, 0.4) is 0 Å². The fourth-order valence-corrected chi connectivity index (χ4v) is 1.41. The number of carboxylic acid groups (broad SMARTS) is 1. The van der Waals surface area contributed by atoms with Crippen LogP contribution in [-0.2, 0) is 4.79 Å². The first kappa shape index (κ1) is 13.2. The molecule has 0 amide bonds. The Morgan fingerprint density at radius 1 is 1.14 bits per heavy atom. The Labute approximate surface area is 87.0 Å². The first-order valence-corrected chi connectivity index (χ1v) is 5.64. The average Bonchev–Trinajstić information content (AvgIpc) is 2.15. The van der Waals surface area contributed by atoms with Gasteiger partial charge in [0, 0.05) is 5.57 Å². The average molecular weight is 198 g/mol. The van der Waals surface area contributed by atoms with Gasteiger partial charge < -0.3 is 5.11 Å². The number of hydrogen-bond donors (Lipinski definition) is 1. The van der Waals surface area contributed by atoms with Crippen LogP contribution in [0.5, 0.6) is 0 Å². The quantitative estimate of drug-likeness (QED) is 0.476. The third kappa shape index (κ3) is 6.70. The number of aliphatic carboxylic acids is 1. The third-order valence-corrected chi connectivity index (χ3v) is 2.24. The molecule has 0 aliphatic heterocycles. The number of carbonyl (C=O) groups is 1. The molecule has 14 heavy (non-hydrogen) atoms. The first-order chi connectivity index (χ1) is 6.72. The van der Waals surface area contributed by atoms with Gasteiger partial charge in [-0.25, -0.2) is 4.79 Å². The van der Waals surface area contributed by atoms with Gasteiger partial charge in [0.1, 0.15) is 0 Å². The largest absolute Gasteiger partial charge is 0.478 e. The molecule has 0 atom stereocenters. The van der Waals surface area contributed by atoms with Crippen molar-refractivity contribution < 1.29 is 9.90 Å². The molecule has 2 nitrogen and oxygen atoms in total. The standard InChI is InChI=1S/C12H22O2/c1-3-5-6-7-8-10-11(9-4-2)12(13)14/h10H,3-9H2,1-2H3,(H,13,14)/b11-10-. The van der Waals surface area contributed by atoms with Gasteiger partial charge in [-0.1, -0.05) is 45.6 Å². The summed E-state index contributed by atoms with van der Waals surface area (Å²) in [4.78, 5) is 10.7. The van der Waals surface area contributed by atoms with Gasteiger partial charge in [0.25, 0.3) is 0 Å². The van der Waals surface area contributed by atoms with Gasteiger partial charge in [-0.15, -0.1) is 0 Å². The molecule has 0 unspecified atom stereocenters. The third-order valence-electron chi connectivity index (χ3n) is 2.24. The summed E-state index contributed by atoms with van der Waals surface area (Å²) < 4.78 is 0. The number of rotatable bonds is 8. The molecule has 0 saturated heterocycles. The molecule has 2 heteroatoms. The van der Waals surface area contributed by atoms with Crippen LogP contribution in [0.4, 0.5) is 0 Å². The molecule has 0 bridgehead atoms. The van der Waals surface area contributed by atoms with Gasteiger partial charge >= 0.3 is 5.97 Å². The van der Waals surface area contributed by atoms with E-state index in [0.717, 1.165) is 19.3 Å². The van der Waals surface area contributed by atoms with Crippen molar-refractivity contribution in [2.75, 3.05) is 0 Å². The van der Waals surface area contributed by atoms with Gasteiger partial charge in [0.15, 0.2) is 0 Å². The minimum Gasteiger partial charge on any atom is -0.478 e. The Hall–Kier alpha value is -0.790. The van der Waals surface area contributed by atoms with Crippen LogP contribution in [0.15, 0.2) is 11.6 Å². The monoisotopic (exact) mass is 198 g/mol. The maximum absolute atomic E-state index is 10.7. The SMILES string of the molecule is CCCCCC/C=C(/CCC)C(=O)O. The zero-order valence-electron chi connectivity index (χ0n) is 9.38. The summed E-state index contributed by atoms with van der Waals surface area (Å²) in [7, 11) is 0. The summed E-state index contributed by atoms with van der Waals surface area (Å²) in [5.74, 6) is -0.748. The van der Waals surface area contributed by atoms with Gasteiger partial charge in [0.2, 0.25) is 0 Å². The van der Waals surface area contributed by atoms with Crippen LogP contribution in [0.1, 0.15) is 58.8 Å². The molecule has 0 radical (unpaired) electrons. The fraction of sp³-hybridized carbons (Fsp3) is 0.750. The molecule has 0 aliphatic carbocycles. The summed E-state index contributed by atoms with van der Waals surface area (Å²) in [6.45, 7) is 4.18. The Morgan fingerprint density at radius 2 is 1.86 bits per heavy atom. The van der Waals surface area contributed by atoms with E-state index >= 15 is 0 Å². The fourth-order valence-electron chi connectivity index (χ4n) is 1.41. The van der Waals surface area contributed by atoms with Crippen LogP contribution in [0.2, 0.25) is 0 Å². The topological polar surface area (TPSA) is 37.3 Å². The highest BCUT2D eigenvalue weighted by atomic mass is 16.4. The van der Waals surface area contributed by atoms with E-state index in [1.165, 1.54) is 19.3 Å². The van der Waals surface area contributed by atoms with E-state index in [9.17, 15) is 4.79 Å². The van der Waals surface area contributed by atoms with Crippen LogP contribution in [0, 0.1) is 0 Å². The lowest BCUT2D eigenvalue weighted by Gasteiger charge is -2.00. The Morgan fingerprint density at radius 3 is 2.36 bits per heavy atom. The molecule has 0 aliphatic rings. The second-order valence-electron chi connectivity index (χ2n) is 3.63. The lowest BCUT2D eigenvalue weighted by Crippen LogP contribution is -2.00. The van der Waals surface area contributed by atoms with Crippen LogP contribution >= 0.6 is 0 Å². The molecule has 0 rings (SSSR count). The molecular weight excluding hydrogens is 176 g/mol. The molecule has 0 aromatic carbocycles. The van der Waals surface area contributed by atoms with Crippen molar-refractivity contribution >= 4 is 5.97 Å². The highest BCUT2D eigenvalue weighted by Crippen LogP contribution is 2.09. The Kier molecular flexibility index (Phi) is 8.30. The van der Waals surface area contributed by atoms with Crippen LogP contribution in [0.25, 0.3) is 0 Å². The number of hydrogen-bond acceptors (Lipinski definition) is 1. The van der Waals surface area contributed by atoms with Crippen LogP contribution < -0.4 is 0 Å². The molecule has 0 spiro atoms. The molecule has 0 fully saturated rings. The van der Waals surface area contributed by atoms with E-state index in [4.69, 9.17) is 5.11 Å². The van der Waals surface area contributed by atoms with Crippen molar-refractivity contribution in [3.8, 4) is 0 Å². The van der Waals surface area contributed by atoms with Gasteiger partial charge in [-0.05, 0) is 19.3 Å². The zero-order chi connectivity index (χ0) is 10.8. The number of allylic oxidation sites excluding steroid dienone is 1. The summed E-state index contributed by atoms with van der Waals surface area (Å²) in [5, 5.41) is 8.84. The van der Waals surface area contributed by atoms with Gasteiger partial charge in [0.05, 0.1) is 0 Å². The maximum atomic E-state index is 10.7. The van der Waals surface area contributed by atoms with E-state index < -0.39 is 5.97 Å². The number of unbranched alkanes of at least 4 members (excludes halogenated alkanes) is 4. The minimum atomic E-state index is -0.748. The van der Waals surface area contributed by atoms with Gasteiger partial charge in [-0.2, -0.15) is 0 Å². The first-order valence-electron chi connectivity index (χ1n) is 5.64. The zero-order valence-corrected chi connectivity index (χ0v) is 9.38. The molecular formula is C12H22O2. The second-order valence-corrected chi connectivity index (χ2v) is 3.63. The Balaban J connectivity index is 3.73. The molecule has 0 heterocycles. The maximum Gasteiger partial charge on any atom is 0.331 e. The summed E-state index contributed by atoms with van der Waals surface area (Å²) in [6, 6.07) is 0. The lowest BCUT2D eigenvalue weighted by atomic mass is 10.1. The van der Waals surface area contributed by atoms with Crippen molar-refractivity contribution in [2.45, 2.75) is 58.8 Å². The highest BCUT2D eigenvalue weighted by Gasteiger charge is 2.04. The smallest absolute Gasteiger partial charge is 0.331 e. The summed E-state index contributed by atoms with van der Waals surface area (Å²) >= 11 is 0. The Bertz CT molecular complexity index is 183. The van der Waals surface area contributed by atoms with Crippen molar-refractivity contribution in [1.82, 2.24) is 0 Å². The lowest BCUT2D eigenvalue weighted by molar-refractivity contribution is -0.132. The van der Waals surface area contributed by atoms with Crippen LogP contribution in [-0.4, -0.2) is 11.1 Å². The predicted molar refractivity (Wildman–Crippen MR) is 59.4 cm³/mol. The van der Waals surface area contributed by atoms with Crippen molar-refractivity contribution in [1.29, 1.82) is 0 Å². The molecule has 82 valence electrons. The second kappa shape index (κ2) is 8.79. The van der Waals surface area contributed by atoms with Crippen molar-refractivity contribution in [3.63, 3.8) is 0 Å². The normalized spacial score (nSPS) is 11.7. The highest BCUT2D eigenvalue weighted by molar-refractivity contribution is 5.86. The summed E-state index contributed by atoms with van der Waals surface area (Å²) in [5.41, 5.74) is 0.587. The molecule has 0 aromatic heterocycles. The summed E-state index contributed by atoms with van der Waals surface area (Å²) in [6.07, 6.45) is 9.23. The van der Waals surface area contributed by atoms with E-state index in [1.807, 2.05) is 13.0 Å². The van der Waals surface area contributed by atoms with E-state index in [-0.39, 0.29) is 0 Å². The molecule has 1 N–H and O–H groups in total. The number of carboxylic acids is 1. The van der Waals surface area contributed by atoms with Crippen molar-refractivity contribution in [3.05, 3.63) is 11.6 Å². The molecule has 0 aromatic rings. The van der Waals surface area contributed by atoms with E-state index in [2.05, 4.69) is 6.92 Å². The van der Waals surface area contributed by atoms with E-state index in [1.54, 1.807) is 0 Å². The van der Waals surface area contributed by atoms with Crippen molar-refractivity contribution in [2.24, 2.45) is 0 Å². The van der Waals surface area contributed by atoms with E-state index in [0.29, 0.717) is 12.0 Å². The molecule has 0 saturated carbocycles. The minimum absolute atomic E-state index is 0.587. The predicted octanol–water partition coefficient (Wildman–Crippen LogP) is 3.77.